The number of H-pyrrole nitrogens is 1. The van der Waals surface area contributed by atoms with Crippen LogP contribution in [0.3, 0.4) is 0 Å². The highest BCUT2D eigenvalue weighted by molar-refractivity contribution is 6.05. The largest absolute Gasteiger partial charge is 0.366 e. The summed E-state index contributed by atoms with van der Waals surface area (Å²) < 4.78 is 15.6. The monoisotopic (exact) mass is 357 g/mol. The molecule has 0 saturated carbocycles. The number of halogens is 1. The minimum atomic E-state index is -0.660. The SMILES string of the molecule is CCN1CCC(C)(c2c(C)nn3c2[nH]c2cc(F)cc(C(N)=O)c23)CC1. The number of benzene rings is 1. The zero-order chi connectivity index (χ0) is 18.6. The smallest absolute Gasteiger partial charge is 0.251 e. The first kappa shape index (κ1) is 17.0. The number of imidazole rings is 1. The van der Waals surface area contributed by atoms with Gasteiger partial charge < -0.3 is 15.6 Å². The third-order valence-corrected chi connectivity index (χ3v) is 5.88. The number of nitrogens with one attached hydrogen (secondary N) is 1. The summed E-state index contributed by atoms with van der Waals surface area (Å²) in [5.74, 6) is -1.15. The molecule has 7 heteroatoms. The number of nitrogens with two attached hydrogens (primary N) is 1. The van der Waals surface area contributed by atoms with Crippen LogP contribution in [0, 0.1) is 12.7 Å². The number of hydrogen-bond acceptors (Lipinski definition) is 3. The maximum absolute atomic E-state index is 13.9. The van der Waals surface area contributed by atoms with Gasteiger partial charge in [0, 0.05) is 11.0 Å². The molecule has 3 N–H and O–H groups in total. The predicted octanol–water partition coefficient (Wildman–Crippen LogP) is 2.74. The van der Waals surface area contributed by atoms with Crippen LogP contribution >= 0.6 is 0 Å². The second kappa shape index (κ2) is 5.81. The van der Waals surface area contributed by atoms with Gasteiger partial charge >= 0.3 is 0 Å². The van der Waals surface area contributed by atoms with E-state index in [1.165, 1.54) is 12.1 Å². The number of aromatic amines is 1. The van der Waals surface area contributed by atoms with Crippen LogP contribution in [0.5, 0.6) is 0 Å². The molecule has 3 aromatic rings. The molecule has 1 aromatic carbocycles. The van der Waals surface area contributed by atoms with E-state index in [0.717, 1.165) is 49.4 Å². The van der Waals surface area contributed by atoms with Gasteiger partial charge in [-0.05, 0) is 51.5 Å². The van der Waals surface area contributed by atoms with Crippen molar-refractivity contribution in [2.45, 2.75) is 39.0 Å². The summed E-state index contributed by atoms with van der Waals surface area (Å²) in [6.07, 6.45) is 2.07. The number of nitrogens with zero attached hydrogens (tertiary/aromatic N) is 3. The summed E-state index contributed by atoms with van der Waals surface area (Å²) >= 11 is 0. The van der Waals surface area contributed by atoms with Gasteiger partial charge in [-0.3, -0.25) is 4.79 Å². The van der Waals surface area contributed by atoms with Crippen LogP contribution < -0.4 is 5.73 Å². The van der Waals surface area contributed by atoms with Gasteiger partial charge in [-0.15, -0.1) is 0 Å². The van der Waals surface area contributed by atoms with E-state index in [1.54, 1.807) is 4.52 Å². The van der Waals surface area contributed by atoms with E-state index in [9.17, 15) is 9.18 Å². The van der Waals surface area contributed by atoms with Gasteiger partial charge in [0.05, 0.1) is 16.8 Å². The normalized spacial score (nSPS) is 18.0. The average molecular weight is 357 g/mol. The Morgan fingerprint density at radius 2 is 2.08 bits per heavy atom. The summed E-state index contributed by atoms with van der Waals surface area (Å²) in [4.78, 5) is 17.6. The molecule has 1 amide bonds. The quantitative estimate of drug-likeness (QED) is 0.756. The summed E-state index contributed by atoms with van der Waals surface area (Å²) in [6, 6.07) is 2.56. The maximum Gasteiger partial charge on any atom is 0.251 e. The molecule has 2 aromatic heterocycles. The minimum absolute atomic E-state index is 0.0101. The molecule has 26 heavy (non-hydrogen) atoms. The van der Waals surface area contributed by atoms with Crippen LogP contribution in [0.2, 0.25) is 0 Å². The molecule has 0 bridgehead atoms. The van der Waals surface area contributed by atoms with E-state index < -0.39 is 11.7 Å². The van der Waals surface area contributed by atoms with Crippen molar-refractivity contribution >= 4 is 22.6 Å². The first-order chi connectivity index (χ1) is 12.3. The molecular formula is C19H24FN5O. The van der Waals surface area contributed by atoms with Crippen LogP contribution in [0.1, 0.15) is 48.3 Å². The number of piperidine rings is 1. The Balaban J connectivity index is 1.93. The van der Waals surface area contributed by atoms with Crippen LogP contribution in [-0.2, 0) is 5.41 Å². The number of amides is 1. The van der Waals surface area contributed by atoms with Crippen molar-refractivity contribution in [2.24, 2.45) is 5.73 Å². The van der Waals surface area contributed by atoms with E-state index in [4.69, 9.17) is 5.73 Å². The van der Waals surface area contributed by atoms with Crippen LogP contribution in [0.4, 0.5) is 4.39 Å². The van der Waals surface area contributed by atoms with Gasteiger partial charge in [0.2, 0.25) is 0 Å². The Morgan fingerprint density at radius 3 is 2.69 bits per heavy atom. The number of aromatic nitrogens is 3. The lowest BCUT2D eigenvalue weighted by Gasteiger charge is -2.39. The number of hydrogen-bond donors (Lipinski definition) is 2. The van der Waals surface area contributed by atoms with Gasteiger partial charge in [-0.25, -0.2) is 8.91 Å². The lowest BCUT2D eigenvalue weighted by atomic mass is 9.74. The molecule has 0 aliphatic carbocycles. The Morgan fingerprint density at radius 1 is 1.38 bits per heavy atom. The molecule has 1 saturated heterocycles. The number of fused-ring (bicyclic) bond motifs is 3. The molecule has 1 aliphatic heterocycles. The number of carbonyl (C=O) groups is 1. The predicted molar refractivity (Wildman–Crippen MR) is 99.0 cm³/mol. The molecule has 0 atom stereocenters. The summed E-state index contributed by atoms with van der Waals surface area (Å²) in [5, 5.41) is 4.68. The van der Waals surface area contributed by atoms with Gasteiger partial charge in [0.25, 0.3) is 5.91 Å². The molecule has 3 heterocycles. The van der Waals surface area contributed by atoms with E-state index in [2.05, 4.69) is 28.8 Å². The highest BCUT2D eigenvalue weighted by atomic mass is 19.1. The van der Waals surface area contributed by atoms with Crippen LogP contribution in [0.15, 0.2) is 12.1 Å². The molecule has 0 radical (unpaired) electrons. The lowest BCUT2D eigenvalue weighted by Crippen LogP contribution is -2.41. The maximum atomic E-state index is 13.9. The summed E-state index contributed by atoms with van der Waals surface area (Å²) in [7, 11) is 0. The van der Waals surface area contributed by atoms with Crippen molar-refractivity contribution in [2.75, 3.05) is 19.6 Å². The van der Waals surface area contributed by atoms with E-state index >= 15 is 0 Å². The summed E-state index contributed by atoms with van der Waals surface area (Å²) in [5.41, 5.74) is 9.61. The number of aryl methyl sites for hydroxylation is 1. The first-order valence-electron chi connectivity index (χ1n) is 9.07. The topological polar surface area (TPSA) is 79.4 Å². The minimum Gasteiger partial charge on any atom is -0.366 e. The van der Waals surface area contributed by atoms with Gasteiger partial charge in [-0.2, -0.15) is 5.10 Å². The van der Waals surface area contributed by atoms with Crippen molar-refractivity contribution in [1.29, 1.82) is 0 Å². The number of rotatable bonds is 3. The van der Waals surface area contributed by atoms with Crippen molar-refractivity contribution in [3.63, 3.8) is 0 Å². The van der Waals surface area contributed by atoms with E-state index in [-0.39, 0.29) is 11.0 Å². The number of carbonyl (C=O) groups excluding carboxylic acids is 1. The molecule has 138 valence electrons. The third kappa shape index (κ3) is 2.41. The molecule has 1 aliphatic rings. The fraction of sp³-hybridized carbons (Fsp3) is 0.474. The molecule has 0 spiro atoms. The lowest BCUT2D eigenvalue weighted by molar-refractivity contribution is 0.100. The fourth-order valence-electron chi connectivity index (χ4n) is 4.38. The fourth-order valence-corrected chi connectivity index (χ4v) is 4.38. The van der Waals surface area contributed by atoms with E-state index in [0.29, 0.717) is 11.0 Å². The van der Waals surface area contributed by atoms with Crippen molar-refractivity contribution in [3.05, 3.63) is 34.8 Å². The number of likely N-dealkylation sites (tertiary alicyclic amines) is 1. The van der Waals surface area contributed by atoms with Crippen molar-refractivity contribution in [3.8, 4) is 0 Å². The number of primary amides is 1. The Kier molecular flexibility index (Phi) is 3.80. The molecule has 1 fully saturated rings. The Bertz CT molecular complexity index is 1010. The molecule has 6 nitrogen and oxygen atoms in total. The molecule has 4 rings (SSSR count). The highest BCUT2D eigenvalue weighted by Crippen LogP contribution is 2.40. The standard InChI is InChI=1S/C19H24FN5O/c1-4-24-7-5-19(3,6-8-24)15-11(2)23-25-16-13(17(21)26)9-12(20)10-14(16)22-18(15)25/h9-10,22H,4-8H2,1-3H3,(H2,21,26). The Hall–Kier alpha value is -2.41. The van der Waals surface area contributed by atoms with Crippen molar-refractivity contribution in [1.82, 2.24) is 19.5 Å². The Labute approximate surface area is 151 Å². The molecule has 0 unspecified atom stereocenters. The first-order valence-corrected chi connectivity index (χ1v) is 9.07. The average Bonchev–Trinajstić information content (AvgIpc) is 3.08. The zero-order valence-corrected chi connectivity index (χ0v) is 15.4. The van der Waals surface area contributed by atoms with Gasteiger partial charge in [0.1, 0.15) is 17.0 Å². The second-order valence-electron chi connectivity index (χ2n) is 7.55. The van der Waals surface area contributed by atoms with Crippen LogP contribution in [0.25, 0.3) is 16.7 Å². The van der Waals surface area contributed by atoms with E-state index in [1.807, 2.05) is 6.92 Å². The molecular weight excluding hydrogens is 333 g/mol. The summed E-state index contributed by atoms with van der Waals surface area (Å²) in [6.45, 7) is 9.60. The van der Waals surface area contributed by atoms with Crippen LogP contribution in [-0.4, -0.2) is 45.0 Å². The highest BCUT2D eigenvalue weighted by Gasteiger charge is 2.36. The second-order valence-corrected chi connectivity index (χ2v) is 7.55. The third-order valence-electron chi connectivity index (χ3n) is 5.88. The van der Waals surface area contributed by atoms with Gasteiger partial charge in [-0.1, -0.05) is 13.8 Å². The van der Waals surface area contributed by atoms with Gasteiger partial charge in [0.15, 0.2) is 0 Å². The zero-order valence-electron chi connectivity index (χ0n) is 15.4. The van der Waals surface area contributed by atoms with Crippen molar-refractivity contribution < 1.29 is 9.18 Å².